The molecule has 45 heavy (non-hydrogen) atoms. The molecule has 4 atom stereocenters. The van der Waals surface area contributed by atoms with Gasteiger partial charge in [0.2, 0.25) is 6.10 Å². The minimum absolute atomic E-state index is 0.0490. The van der Waals surface area contributed by atoms with E-state index in [0.717, 1.165) is 0 Å². The van der Waals surface area contributed by atoms with Gasteiger partial charge in [0.05, 0.1) is 29.0 Å². The SMILES string of the molecule is CCOC(=O)c1c[n+]([C@H]2O[C@@H](COC(=O)c3ccccc3)[C@@H](OC(=O)c3ccccc3)[C@@H]2OC(=O)c2ccccc2)ccc1N. The van der Waals surface area contributed by atoms with Gasteiger partial charge in [0.15, 0.2) is 18.5 Å². The van der Waals surface area contributed by atoms with E-state index in [9.17, 15) is 19.2 Å². The molecule has 11 heteroatoms. The average molecular weight is 612 g/mol. The molecule has 0 radical (unpaired) electrons. The van der Waals surface area contributed by atoms with Crippen LogP contribution in [0.5, 0.6) is 0 Å². The topological polar surface area (TPSA) is 144 Å². The van der Waals surface area contributed by atoms with Crippen LogP contribution in [0.2, 0.25) is 0 Å². The highest BCUT2D eigenvalue weighted by atomic mass is 16.7. The molecule has 0 aliphatic carbocycles. The molecular weight excluding hydrogens is 580 g/mol. The van der Waals surface area contributed by atoms with Gasteiger partial charge in [0, 0.05) is 6.07 Å². The summed E-state index contributed by atoms with van der Waals surface area (Å²) in [5.74, 6) is -2.71. The van der Waals surface area contributed by atoms with Crippen molar-refractivity contribution in [3.63, 3.8) is 0 Å². The normalized spacial score (nSPS) is 18.9. The molecule has 1 fully saturated rings. The number of rotatable bonds is 10. The minimum Gasteiger partial charge on any atom is -0.462 e. The van der Waals surface area contributed by atoms with Gasteiger partial charge in [-0.15, -0.1) is 0 Å². The summed E-state index contributed by atoms with van der Waals surface area (Å²) in [7, 11) is 0. The number of hydrogen-bond acceptors (Lipinski definition) is 10. The quantitative estimate of drug-likeness (QED) is 0.159. The molecule has 1 aromatic heterocycles. The van der Waals surface area contributed by atoms with Crippen LogP contribution >= 0.6 is 0 Å². The lowest BCUT2D eigenvalue weighted by Gasteiger charge is -2.23. The number of anilines is 1. The van der Waals surface area contributed by atoms with Crippen LogP contribution in [0.25, 0.3) is 0 Å². The number of esters is 4. The molecule has 1 aliphatic rings. The first-order chi connectivity index (χ1) is 21.9. The smallest absolute Gasteiger partial charge is 0.346 e. The Kier molecular flexibility index (Phi) is 9.80. The van der Waals surface area contributed by atoms with Crippen LogP contribution in [0.15, 0.2) is 109 Å². The maximum Gasteiger partial charge on any atom is 0.346 e. The lowest BCUT2D eigenvalue weighted by Crippen LogP contribution is -2.49. The zero-order chi connectivity index (χ0) is 31.8. The van der Waals surface area contributed by atoms with Gasteiger partial charge in [-0.05, 0) is 43.3 Å². The summed E-state index contributed by atoms with van der Waals surface area (Å²) < 4.78 is 30.4. The first-order valence-electron chi connectivity index (χ1n) is 14.2. The number of nitrogens with zero attached hydrogens (tertiary/aromatic N) is 1. The van der Waals surface area contributed by atoms with E-state index < -0.39 is 48.4 Å². The molecule has 230 valence electrons. The molecule has 0 spiro atoms. The second kappa shape index (κ2) is 14.3. The monoisotopic (exact) mass is 611 g/mol. The third-order valence-corrected chi connectivity index (χ3v) is 6.98. The number of carbonyl (C=O) groups is 4. The molecule has 11 nitrogen and oxygen atoms in total. The largest absolute Gasteiger partial charge is 0.462 e. The van der Waals surface area contributed by atoms with Crippen LogP contribution < -0.4 is 10.3 Å². The van der Waals surface area contributed by atoms with Crippen molar-refractivity contribution in [1.82, 2.24) is 0 Å². The first-order valence-corrected chi connectivity index (χ1v) is 14.2. The van der Waals surface area contributed by atoms with Crippen molar-refractivity contribution in [2.45, 2.75) is 31.5 Å². The van der Waals surface area contributed by atoms with Crippen LogP contribution in [0.4, 0.5) is 5.69 Å². The first kappa shape index (κ1) is 30.9. The van der Waals surface area contributed by atoms with Crippen molar-refractivity contribution in [2.24, 2.45) is 0 Å². The second-order valence-corrected chi connectivity index (χ2v) is 9.98. The summed E-state index contributed by atoms with van der Waals surface area (Å²) in [6.07, 6.45) is -1.79. The van der Waals surface area contributed by atoms with E-state index in [4.69, 9.17) is 29.4 Å². The Hall–Kier alpha value is -5.55. The number of nitrogens with two attached hydrogens (primary N) is 1. The molecule has 5 rings (SSSR count). The molecule has 1 saturated heterocycles. The van der Waals surface area contributed by atoms with E-state index in [0.29, 0.717) is 5.56 Å². The van der Waals surface area contributed by atoms with Gasteiger partial charge in [-0.1, -0.05) is 54.6 Å². The standard InChI is InChI=1S/C34H30N2O9/c1-2-41-34(40)25-20-36(19-18-26(25)35)30-29(45-33(39)24-16-10-5-11-17-24)28(44-32(38)23-14-8-4-9-15-23)27(43-30)21-42-31(37)22-12-6-3-7-13-22/h3-20,27-30,35H,2,21H2,1H3/p+1/t27-,28+,29-,30-/m0/s1. The molecule has 2 N–H and O–H groups in total. The van der Waals surface area contributed by atoms with Crippen molar-refractivity contribution >= 4 is 29.6 Å². The van der Waals surface area contributed by atoms with E-state index in [2.05, 4.69) is 0 Å². The number of carbonyl (C=O) groups excluding carboxylic acids is 4. The number of ether oxygens (including phenoxy) is 5. The molecule has 0 amide bonds. The maximum absolute atomic E-state index is 13.3. The molecule has 1 aliphatic heterocycles. The fourth-order valence-corrected chi connectivity index (χ4v) is 4.76. The Morgan fingerprint density at radius 2 is 1.20 bits per heavy atom. The van der Waals surface area contributed by atoms with Crippen molar-refractivity contribution < 1.29 is 47.4 Å². The molecule has 0 bridgehead atoms. The Balaban J connectivity index is 1.52. The van der Waals surface area contributed by atoms with Crippen LogP contribution in [-0.4, -0.2) is 55.4 Å². The Bertz CT molecular complexity index is 1650. The third-order valence-electron chi connectivity index (χ3n) is 6.98. The fraction of sp³-hybridized carbons (Fsp3) is 0.206. The molecule has 4 aromatic rings. The van der Waals surface area contributed by atoms with Crippen LogP contribution in [-0.2, 0) is 23.7 Å². The Morgan fingerprint density at radius 1 is 0.689 bits per heavy atom. The highest BCUT2D eigenvalue weighted by molar-refractivity contribution is 5.94. The zero-order valence-corrected chi connectivity index (χ0v) is 24.3. The maximum atomic E-state index is 13.3. The molecule has 0 unspecified atom stereocenters. The van der Waals surface area contributed by atoms with Gasteiger partial charge in [-0.25, -0.2) is 19.2 Å². The number of pyridine rings is 1. The van der Waals surface area contributed by atoms with Gasteiger partial charge < -0.3 is 29.4 Å². The Labute approximate surface area is 259 Å². The molecule has 0 saturated carbocycles. The van der Waals surface area contributed by atoms with Crippen LogP contribution in [0, 0.1) is 0 Å². The van der Waals surface area contributed by atoms with Crippen molar-refractivity contribution in [2.75, 3.05) is 18.9 Å². The van der Waals surface area contributed by atoms with E-state index in [1.807, 2.05) is 0 Å². The second-order valence-electron chi connectivity index (χ2n) is 9.98. The summed E-state index contributed by atoms with van der Waals surface area (Å²) in [6, 6.07) is 26.3. The number of hydrogen-bond donors (Lipinski definition) is 1. The van der Waals surface area contributed by atoms with E-state index >= 15 is 0 Å². The molecule has 2 heterocycles. The van der Waals surface area contributed by atoms with Gasteiger partial charge in [0.1, 0.15) is 18.3 Å². The highest BCUT2D eigenvalue weighted by Gasteiger charge is 2.55. The third kappa shape index (κ3) is 7.34. The van der Waals surface area contributed by atoms with Gasteiger partial charge in [-0.3, -0.25) is 0 Å². The fourth-order valence-electron chi connectivity index (χ4n) is 4.76. The molecule has 3 aromatic carbocycles. The number of nitrogen functional groups attached to an aromatic ring is 1. The predicted molar refractivity (Wildman–Crippen MR) is 159 cm³/mol. The van der Waals surface area contributed by atoms with Crippen molar-refractivity contribution in [3.05, 3.63) is 132 Å². The minimum atomic E-state index is -1.26. The lowest BCUT2D eigenvalue weighted by atomic mass is 10.1. The highest BCUT2D eigenvalue weighted by Crippen LogP contribution is 2.33. The Morgan fingerprint density at radius 3 is 1.73 bits per heavy atom. The summed E-state index contributed by atoms with van der Waals surface area (Å²) >= 11 is 0. The van der Waals surface area contributed by atoms with Gasteiger partial charge in [-0.2, -0.15) is 4.57 Å². The van der Waals surface area contributed by atoms with Crippen LogP contribution in [0.3, 0.4) is 0 Å². The van der Waals surface area contributed by atoms with E-state index in [-0.39, 0.29) is 35.6 Å². The predicted octanol–water partition coefficient (Wildman–Crippen LogP) is 3.94. The van der Waals surface area contributed by atoms with Crippen molar-refractivity contribution in [3.8, 4) is 0 Å². The number of aromatic nitrogens is 1. The number of benzene rings is 3. The summed E-state index contributed by atoms with van der Waals surface area (Å²) in [6.45, 7) is 1.44. The summed E-state index contributed by atoms with van der Waals surface area (Å²) in [5, 5.41) is 0. The van der Waals surface area contributed by atoms with Gasteiger partial charge in [0.25, 0.3) is 0 Å². The summed E-state index contributed by atoms with van der Waals surface area (Å²) in [5.41, 5.74) is 7.07. The lowest BCUT2D eigenvalue weighted by molar-refractivity contribution is -0.765. The van der Waals surface area contributed by atoms with Crippen LogP contribution in [0.1, 0.15) is 54.6 Å². The van der Waals surface area contributed by atoms with E-state index in [1.54, 1.807) is 97.9 Å². The zero-order valence-electron chi connectivity index (χ0n) is 24.3. The summed E-state index contributed by atoms with van der Waals surface area (Å²) in [4.78, 5) is 52.1. The molecular formula is C34H31N2O9+. The van der Waals surface area contributed by atoms with Gasteiger partial charge >= 0.3 is 30.1 Å². The van der Waals surface area contributed by atoms with Crippen molar-refractivity contribution in [1.29, 1.82) is 0 Å². The average Bonchev–Trinajstić information content (AvgIpc) is 3.41. The van der Waals surface area contributed by atoms with E-state index in [1.165, 1.54) is 23.0 Å².